The van der Waals surface area contributed by atoms with Crippen LogP contribution in [0.2, 0.25) is 0 Å². The average molecular weight is 259 g/mol. The van der Waals surface area contributed by atoms with Crippen molar-refractivity contribution in [1.29, 1.82) is 0 Å². The Labute approximate surface area is 110 Å². The molecule has 2 rings (SSSR count). The third kappa shape index (κ3) is 3.78. The third-order valence-electron chi connectivity index (χ3n) is 2.25. The van der Waals surface area contributed by atoms with E-state index in [-0.39, 0.29) is 0 Å². The number of pyridine rings is 1. The largest absolute Gasteiger partial charge is 0.410 e. The van der Waals surface area contributed by atoms with Crippen molar-refractivity contribution in [2.75, 3.05) is 5.32 Å². The topological polar surface area (TPSA) is 57.5 Å². The molecule has 0 unspecified atom stereocenters. The van der Waals surface area contributed by atoms with Crippen molar-refractivity contribution in [3.05, 3.63) is 54.2 Å². The highest BCUT2D eigenvalue weighted by atomic mass is 32.2. The van der Waals surface area contributed by atoms with E-state index in [1.165, 1.54) is 11.9 Å². The molecule has 0 saturated heterocycles. The van der Waals surface area contributed by atoms with Crippen LogP contribution in [0.15, 0.2) is 58.8 Å². The van der Waals surface area contributed by atoms with Crippen molar-refractivity contribution in [3.63, 3.8) is 0 Å². The predicted octanol–water partition coefficient (Wildman–Crippen LogP) is 3.20. The standard InChI is InChI=1S/C13H13N3OS/c17-16-10-15-12-6-7-13(14-8-12)18-9-11-4-2-1-3-5-11/h1-8,10,17H,9H2,(H,15,16). The number of oxime groups is 1. The molecule has 0 atom stereocenters. The van der Waals surface area contributed by atoms with Crippen molar-refractivity contribution >= 4 is 23.8 Å². The summed E-state index contributed by atoms with van der Waals surface area (Å²) in [4.78, 5) is 4.30. The lowest BCUT2D eigenvalue weighted by atomic mass is 10.2. The second-order valence-corrected chi connectivity index (χ2v) is 4.54. The van der Waals surface area contributed by atoms with E-state index in [4.69, 9.17) is 5.21 Å². The number of benzene rings is 1. The van der Waals surface area contributed by atoms with Crippen LogP contribution in [0.4, 0.5) is 5.69 Å². The first-order chi connectivity index (χ1) is 8.88. The maximum absolute atomic E-state index is 8.27. The minimum atomic E-state index is 0.789. The fourth-order valence-corrected chi connectivity index (χ4v) is 2.18. The first-order valence-corrected chi connectivity index (χ1v) is 6.42. The molecule has 1 aromatic carbocycles. The molecule has 1 aromatic heterocycles. The van der Waals surface area contributed by atoms with E-state index in [1.54, 1.807) is 18.0 Å². The second-order valence-electron chi connectivity index (χ2n) is 3.55. The molecule has 18 heavy (non-hydrogen) atoms. The molecule has 5 heteroatoms. The van der Waals surface area contributed by atoms with Crippen molar-refractivity contribution in [3.8, 4) is 0 Å². The molecule has 2 N–H and O–H groups in total. The van der Waals surface area contributed by atoms with Crippen LogP contribution in [0.5, 0.6) is 0 Å². The van der Waals surface area contributed by atoms with Gasteiger partial charge in [-0.3, -0.25) is 0 Å². The zero-order valence-corrected chi connectivity index (χ0v) is 10.5. The Morgan fingerprint density at radius 3 is 2.72 bits per heavy atom. The number of nitrogens with zero attached hydrogens (tertiary/aromatic N) is 2. The maximum Gasteiger partial charge on any atom is 0.132 e. The summed E-state index contributed by atoms with van der Waals surface area (Å²) in [5, 5.41) is 14.9. The summed E-state index contributed by atoms with van der Waals surface area (Å²) in [6.45, 7) is 0. The molecule has 4 nitrogen and oxygen atoms in total. The summed E-state index contributed by atoms with van der Waals surface area (Å²) in [5.74, 6) is 0.902. The quantitative estimate of drug-likeness (QED) is 0.285. The van der Waals surface area contributed by atoms with E-state index in [9.17, 15) is 0 Å². The second kappa shape index (κ2) is 6.66. The van der Waals surface area contributed by atoms with E-state index in [1.807, 2.05) is 30.3 Å². The van der Waals surface area contributed by atoms with Crippen LogP contribution in [0.25, 0.3) is 0 Å². The van der Waals surface area contributed by atoms with E-state index in [2.05, 4.69) is 27.6 Å². The lowest BCUT2D eigenvalue weighted by Gasteiger charge is -2.03. The Kier molecular flexibility index (Phi) is 4.60. The number of anilines is 1. The number of hydrogen-bond acceptors (Lipinski definition) is 4. The number of thioether (sulfide) groups is 1. The number of rotatable bonds is 5. The van der Waals surface area contributed by atoms with Gasteiger partial charge in [-0.15, -0.1) is 11.8 Å². The van der Waals surface area contributed by atoms with Crippen LogP contribution in [0.3, 0.4) is 0 Å². The minimum Gasteiger partial charge on any atom is -0.410 e. The van der Waals surface area contributed by atoms with Crippen LogP contribution in [-0.4, -0.2) is 16.5 Å². The Bertz CT molecular complexity index is 499. The molecule has 2 aromatic rings. The van der Waals surface area contributed by atoms with Gasteiger partial charge in [0, 0.05) is 5.75 Å². The molecule has 0 saturated carbocycles. The Hall–Kier alpha value is -2.01. The van der Waals surface area contributed by atoms with Crippen molar-refractivity contribution in [1.82, 2.24) is 4.98 Å². The summed E-state index contributed by atoms with van der Waals surface area (Å²) in [5.41, 5.74) is 2.07. The molecule has 1 heterocycles. The summed E-state index contributed by atoms with van der Waals surface area (Å²) in [6.07, 6.45) is 2.91. The molecule has 0 fully saturated rings. The van der Waals surface area contributed by atoms with Gasteiger partial charge in [-0.05, 0) is 17.7 Å². The summed E-state index contributed by atoms with van der Waals surface area (Å²) >= 11 is 1.68. The monoisotopic (exact) mass is 259 g/mol. The summed E-state index contributed by atoms with van der Waals surface area (Å²) in [6, 6.07) is 14.1. The van der Waals surface area contributed by atoms with Crippen LogP contribution in [0.1, 0.15) is 5.56 Å². The third-order valence-corrected chi connectivity index (χ3v) is 3.27. The van der Waals surface area contributed by atoms with Gasteiger partial charge >= 0.3 is 0 Å². The van der Waals surface area contributed by atoms with Crippen molar-refractivity contribution < 1.29 is 5.21 Å². The molecule has 0 radical (unpaired) electrons. The predicted molar refractivity (Wildman–Crippen MR) is 74.1 cm³/mol. The van der Waals surface area contributed by atoms with Gasteiger partial charge in [-0.2, -0.15) is 0 Å². The number of aromatic nitrogens is 1. The van der Waals surface area contributed by atoms with Crippen LogP contribution in [-0.2, 0) is 5.75 Å². The molecule has 0 aliphatic heterocycles. The van der Waals surface area contributed by atoms with Crippen LogP contribution in [0, 0.1) is 0 Å². The molecular formula is C13H13N3OS. The van der Waals surface area contributed by atoms with E-state index >= 15 is 0 Å². The van der Waals surface area contributed by atoms with E-state index < -0.39 is 0 Å². The van der Waals surface area contributed by atoms with Gasteiger partial charge in [0.05, 0.1) is 16.9 Å². The lowest BCUT2D eigenvalue weighted by Crippen LogP contribution is -1.95. The van der Waals surface area contributed by atoms with Gasteiger partial charge in [-0.25, -0.2) is 4.98 Å². The maximum atomic E-state index is 8.27. The number of hydrogen-bond donors (Lipinski definition) is 2. The van der Waals surface area contributed by atoms with Crippen LogP contribution >= 0.6 is 11.8 Å². The zero-order chi connectivity index (χ0) is 12.6. The normalized spacial score (nSPS) is 10.7. The highest BCUT2D eigenvalue weighted by Gasteiger charge is 1.97. The molecule has 0 bridgehead atoms. The molecular weight excluding hydrogens is 246 g/mol. The van der Waals surface area contributed by atoms with Gasteiger partial charge < -0.3 is 10.5 Å². The van der Waals surface area contributed by atoms with Gasteiger partial charge in [0.15, 0.2) is 0 Å². The average Bonchev–Trinajstić information content (AvgIpc) is 2.45. The fraction of sp³-hybridized carbons (Fsp3) is 0.0769. The molecule has 0 spiro atoms. The fourth-order valence-electron chi connectivity index (χ4n) is 1.39. The molecule has 0 aliphatic rings. The lowest BCUT2D eigenvalue weighted by molar-refractivity contribution is 0.321. The molecule has 0 amide bonds. The molecule has 0 aliphatic carbocycles. The first kappa shape index (κ1) is 12.4. The Balaban J connectivity index is 1.90. The van der Waals surface area contributed by atoms with Crippen molar-refractivity contribution in [2.45, 2.75) is 10.8 Å². The SMILES string of the molecule is O/N=C/Nc1ccc(SCc2ccccc2)nc1. The summed E-state index contributed by atoms with van der Waals surface area (Å²) in [7, 11) is 0. The zero-order valence-electron chi connectivity index (χ0n) is 9.65. The Morgan fingerprint density at radius 1 is 1.22 bits per heavy atom. The summed E-state index contributed by atoms with van der Waals surface area (Å²) < 4.78 is 0. The van der Waals surface area contributed by atoms with Gasteiger partial charge in [-0.1, -0.05) is 35.5 Å². The smallest absolute Gasteiger partial charge is 0.132 e. The number of nitrogens with one attached hydrogen (secondary N) is 1. The van der Waals surface area contributed by atoms with Gasteiger partial charge in [0.2, 0.25) is 0 Å². The van der Waals surface area contributed by atoms with E-state index in [0.717, 1.165) is 16.5 Å². The van der Waals surface area contributed by atoms with Gasteiger partial charge in [0.1, 0.15) is 6.34 Å². The highest BCUT2D eigenvalue weighted by Crippen LogP contribution is 2.21. The van der Waals surface area contributed by atoms with Gasteiger partial charge in [0.25, 0.3) is 0 Å². The first-order valence-electron chi connectivity index (χ1n) is 5.44. The van der Waals surface area contributed by atoms with Crippen LogP contribution < -0.4 is 5.32 Å². The van der Waals surface area contributed by atoms with E-state index in [0.29, 0.717) is 0 Å². The highest BCUT2D eigenvalue weighted by molar-refractivity contribution is 7.98. The minimum absolute atomic E-state index is 0.789. The van der Waals surface area contributed by atoms with Crippen molar-refractivity contribution in [2.24, 2.45) is 5.16 Å². The Morgan fingerprint density at radius 2 is 2.06 bits per heavy atom. The molecule has 92 valence electrons.